The Kier molecular flexibility index (Phi) is 9.13. The maximum Gasteiger partial charge on any atom is 0.336 e. The summed E-state index contributed by atoms with van der Waals surface area (Å²) in [5, 5.41) is 17.4. The predicted molar refractivity (Wildman–Crippen MR) is 136 cm³/mol. The number of amides is 1. The first-order chi connectivity index (χ1) is 17.3. The quantitative estimate of drug-likeness (QED) is 0.224. The summed E-state index contributed by atoms with van der Waals surface area (Å²) in [6.45, 7) is 3.93. The SMILES string of the molecule is COCCOC(=O)C1=C(C)NC(C)=C(C(=O)NC/C=C/c2ccccc2)C1c1cccc([N+](=O)[O-])c1. The molecule has 1 aliphatic rings. The van der Waals surface area contributed by atoms with Gasteiger partial charge in [-0.1, -0.05) is 54.6 Å². The van der Waals surface area contributed by atoms with Crippen LogP contribution in [-0.2, 0) is 19.1 Å². The lowest BCUT2D eigenvalue weighted by Gasteiger charge is -2.31. The number of methoxy groups -OCH3 is 1. The molecule has 1 aliphatic heterocycles. The van der Waals surface area contributed by atoms with Crippen LogP contribution >= 0.6 is 0 Å². The maximum absolute atomic E-state index is 13.4. The summed E-state index contributed by atoms with van der Waals surface area (Å²) < 4.78 is 10.3. The van der Waals surface area contributed by atoms with Gasteiger partial charge in [-0.05, 0) is 25.0 Å². The topological polar surface area (TPSA) is 120 Å². The molecule has 188 valence electrons. The van der Waals surface area contributed by atoms with Gasteiger partial charge in [-0.2, -0.15) is 0 Å². The van der Waals surface area contributed by atoms with E-state index >= 15 is 0 Å². The van der Waals surface area contributed by atoms with Crippen LogP contribution in [-0.4, -0.2) is 43.7 Å². The van der Waals surface area contributed by atoms with E-state index in [2.05, 4.69) is 10.6 Å². The zero-order chi connectivity index (χ0) is 26.1. The molecule has 0 spiro atoms. The number of rotatable bonds is 10. The number of nitrogens with zero attached hydrogens (tertiary/aromatic N) is 1. The molecule has 0 bridgehead atoms. The molecule has 9 nitrogen and oxygen atoms in total. The first-order valence-corrected chi connectivity index (χ1v) is 11.4. The Balaban J connectivity index is 1.94. The van der Waals surface area contributed by atoms with E-state index in [1.54, 1.807) is 19.9 Å². The van der Waals surface area contributed by atoms with Gasteiger partial charge >= 0.3 is 5.97 Å². The highest BCUT2D eigenvalue weighted by Gasteiger charge is 2.37. The number of nitro benzene ring substituents is 1. The van der Waals surface area contributed by atoms with Crippen molar-refractivity contribution in [3.63, 3.8) is 0 Å². The van der Waals surface area contributed by atoms with Gasteiger partial charge in [-0.3, -0.25) is 14.9 Å². The number of carbonyl (C=O) groups is 2. The molecular formula is C27H29N3O6. The zero-order valence-electron chi connectivity index (χ0n) is 20.4. The molecule has 0 fully saturated rings. The van der Waals surface area contributed by atoms with Gasteiger partial charge in [-0.15, -0.1) is 0 Å². The largest absolute Gasteiger partial charge is 0.460 e. The molecule has 2 N–H and O–H groups in total. The Morgan fingerprint density at radius 3 is 2.47 bits per heavy atom. The number of nitrogens with one attached hydrogen (secondary N) is 2. The normalized spacial score (nSPS) is 15.6. The highest BCUT2D eigenvalue weighted by molar-refractivity contribution is 6.02. The minimum absolute atomic E-state index is 0.0300. The summed E-state index contributed by atoms with van der Waals surface area (Å²) in [5.74, 6) is -1.89. The molecular weight excluding hydrogens is 462 g/mol. The molecule has 3 rings (SSSR count). The van der Waals surface area contributed by atoms with Crippen molar-refractivity contribution in [2.24, 2.45) is 0 Å². The lowest BCUT2D eigenvalue weighted by molar-refractivity contribution is -0.384. The van der Waals surface area contributed by atoms with Crippen LogP contribution in [0.5, 0.6) is 0 Å². The molecule has 2 aromatic carbocycles. The third kappa shape index (κ3) is 6.45. The van der Waals surface area contributed by atoms with Crippen LogP contribution in [0.4, 0.5) is 5.69 Å². The number of benzene rings is 2. The minimum Gasteiger partial charge on any atom is -0.460 e. The highest BCUT2D eigenvalue weighted by atomic mass is 16.6. The van der Waals surface area contributed by atoms with Crippen LogP contribution in [0, 0.1) is 10.1 Å². The molecule has 9 heteroatoms. The van der Waals surface area contributed by atoms with Crippen LogP contribution in [0.1, 0.15) is 30.9 Å². The van der Waals surface area contributed by atoms with Crippen LogP contribution < -0.4 is 10.6 Å². The van der Waals surface area contributed by atoms with Crippen molar-refractivity contribution < 1.29 is 24.0 Å². The number of ether oxygens (including phenoxy) is 2. The van der Waals surface area contributed by atoms with E-state index in [1.165, 1.54) is 25.3 Å². The van der Waals surface area contributed by atoms with Gasteiger partial charge in [0.25, 0.3) is 5.69 Å². The Hall–Kier alpha value is -4.24. The Morgan fingerprint density at radius 2 is 1.78 bits per heavy atom. The summed E-state index contributed by atoms with van der Waals surface area (Å²) in [4.78, 5) is 37.4. The number of nitro groups is 1. The standard InChI is InChI=1S/C27H29N3O6/c1-18-23(26(31)28-14-8-11-20-9-5-4-6-10-20)25(21-12-7-13-22(17-21)30(33)34)24(19(2)29-18)27(32)36-16-15-35-3/h4-13,17,25,29H,14-16H2,1-3H3,(H,28,31)/b11-8+. The molecule has 0 radical (unpaired) electrons. The molecule has 36 heavy (non-hydrogen) atoms. The fourth-order valence-electron chi connectivity index (χ4n) is 4.02. The highest BCUT2D eigenvalue weighted by Crippen LogP contribution is 2.39. The second-order valence-electron chi connectivity index (χ2n) is 8.14. The molecule has 0 aliphatic carbocycles. The van der Waals surface area contributed by atoms with Crippen molar-refractivity contribution in [3.8, 4) is 0 Å². The van der Waals surface area contributed by atoms with E-state index in [9.17, 15) is 19.7 Å². The van der Waals surface area contributed by atoms with E-state index in [-0.39, 0.29) is 36.6 Å². The van der Waals surface area contributed by atoms with E-state index in [0.29, 0.717) is 17.0 Å². The number of dihydropyridines is 1. The first-order valence-electron chi connectivity index (χ1n) is 11.4. The molecule has 1 heterocycles. The van der Waals surface area contributed by atoms with E-state index in [4.69, 9.17) is 9.47 Å². The van der Waals surface area contributed by atoms with E-state index < -0.39 is 22.7 Å². The van der Waals surface area contributed by atoms with Crippen molar-refractivity contribution in [3.05, 3.63) is 104 Å². The van der Waals surface area contributed by atoms with Crippen molar-refractivity contribution in [1.29, 1.82) is 0 Å². The molecule has 0 saturated carbocycles. The van der Waals surface area contributed by atoms with Crippen molar-refractivity contribution in [2.75, 3.05) is 26.9 Å². The second kappa shape index (κ2) is 12.5. The molecule has 2 aromatic rings. The maximum atomic E-state index is 13.4. The Bertz CT molecular complexity index is 1220. The fourth-order valence-corrected chi connectivity index (χ4v) is 4.02. The Morgan fingerprint density at radius 1 is 1.06 bits per heavy atom. The molecule has 1 atom stereocenters. The summed E-state index contributed by atoms with van der Waals surface area (Å²) in [7, 11) is 1.49. The average Bonchev–Trinajstić information content (AvgIpc) is 2.86. The third-order valence-electron chi connectivity index (χ3n) is 5.65. The molecule has 0 aromatic heterocycles. The van der Waals surface area contributed by atoms with Crippen LogP contribution in [0.2, 0.25) is 0 Å². The van der Waals surface area contributed by atoms with Crippen LogP contribution in [0.25, 0.3) is 6.08 Å². The number of non-ortho nitro benzene ring substituents is 1. The smallest absolute Gasteiger partial charge is 0.336 e. The zero-order valence-corrected chi connectivity index (χ0v) is 20.4. The summed E-state index contributed by atoms with van der Waals surface area (Å²) >= 11 is 0. The number of allylic oxidation sites excluding steroid dienone is 2. The van der Waals surface area contributed by atoms with Crippen molar-refractivity contribution in [2.45, 2.75) is 19.8 Å². The summed E-state index contributed by atoms with van der Waals surface area (Å²) in [6, 6.07) is 15.6. The van der Waals surface area contributed by atoms with Gasteiger partial charge in [0.1, 0.15) is 6.61 Å². The molecule has 0 saturated heterocycles. The third-order valence-corrected chi connectivity index (χ3v) is 5.65. The predicted octanol–water partition coefficient (Wildman–Crippen LogP) is 3.85. The lowest BCUT2D eigenvalue weighted by atomic mass is 9.80. The van der Waals surface area contributed by atoms with Gasteiger partial charge in [-0.25, -0.2) is 4.79 Å². The number of carbonyl (C=O) groups excluding carboxylic acids is 2. The second-order valence-corrected chi connectivity index (χ2v) is 8.14. The minimum atomic E-state index is -0.862. The molecule has 1 unspecified atom stereocenters. The van der Waals surface area contributed by atoms with Gasteiger partial charge in [0.15, 0.2) is 0 Å². The van der Waals surface area contributed by atoms with E-state index in [0.717, 1.165) is 5.56 Å². The fraction of sp³-hybridized carbons (Fsp3) is 0.259. The van der Waals surface area contributed by atoms with Crippen molar-refractivity contribution in [1.82, 2.24) is 10.6 Å². The first kappa shape index (κ1) is 26.4. The number of esters is 1. The van der Waals surface area contributed by atoms with Crippen LogP contribution in [0.3, 0.4) is 0 Å². The Labute approximate surface area is 209 Å². The van der Waals surface area contributed by atoms with Gasteiger partial charge in [0.05, 0.1) is 23.0 Å². The van der Waals surface area contributed by atoms with Gasteiger partial charge < -0.3 is 20.1 Å². The van der Waals surface area contributed by atoms with Crippen molar-refractivity contribution >= 4 is 23.6 Å². The average molecular weight is 492 g/mol. The summed E-state index contributed by atoms with van der Waals surface area (Å²) in [5.41, 5.74) is 2.84. The summed E-state index contributed by atoms with van der Waals surface area (Å²) in [6.07, 6.45) is 3.71. The molecule has 1 amide bonds. The van der Waals surface area contributed by atoms with Crippen LogP contribution in [0.15, 0.2) is 83.2 Å². The van der Waals surface area contributed by atoms with E-state index in [1.807, 2.05) is 42.5 Å². The van der Waals surface area contributed by atoms with Gasteiger partial charge in [0.2, 0.25) is 5.91 Å². The number of hydrogen-bond acceptors (Lipinski definition) is 7. The monoisotopic (exact) mass is 491 g/mol. The lowest BCUT2D eigenvalue weighted by Crippen LogP contribution is -2.36. The number of hydrogen-bond donors (Lipinski definition) is 2. The van der Waals surface area contributed by atoms with Gasteiger partial charge in [0, 0.05) is 42.8 Å².